The van der Waals surface area contributed by atoms with Crippen molar-refractivity contribution in [3.05, 3.63) is 24.0 Å². The predicted octanol–water partition coefficient (Wildman–Crippen LogP) is 5.54. The Kier molecular flexibility index (Phi) is 8.27. The summed E-state index contributed by atoms with van der Waals surface area (Å²) in [5, 5.41) is 0. The van der Waals surface area contributed by atoms with Crippen molar-refractivity contribution >= 4 is 23.2 Å². The van der Waals surface area contributed by atoms with Crippen molar-refractivity contribution in [1.82, 2.24) is 9.80 Å². The second-order valence-electron chi connectivity index (χ2n) is 11.0. The van der Waals surface area contributed by atoms with Crippen LogP contribution in [0, 0.1) is 5.82 Å². The van der Waals surface area contributed by atoms with Crippen LogP contribution in [0.4, 0.5) is 15.8 Å². The quantitative estimate of drug-likeness (QED) is 0.436. The molecule has 1 heterocycles. The Balaban J connectivity index is 1.80. The molecular weight excluding hydrogens is 427 g/mol. The average Bonchev–Trinajstić information content (AvgIpc) is 2.74. The van der Waals surface area contributed by atoms with Crippen LogP contribution in [-0.4, -0.2) is 64.9 Å². The summed E-state index contributed by atoms with van der Waals surface area (Å²) in [4.78, 5) is 16.2. The lowest BCUT2D eigenvalue weighted by atomic mass is 9.71. The first-order valence-corrected chi connectivity index (χ1v) is 13.0. The van der Waals surface area contributed by atoms with E-state index in [1.54, 1.807) is 0 Å². The minimum absolute atomic E-state index is 0.0705. The topological polar surface area (TPSA) is 60.5 Å². The van der Waals surface area contributed by atoms with Crippen LogP contribution in [0.3, 0.4) is 0 Å². The van der Waals surface area contributed by atoms with E-state index in [2.05, 4.69) is 68.2 Å². The molecule has 0 amide bonds. The number of nitrogens with zero attached hydrogens (tertiary/aromatic N) is 5. The molecule has 0 aromatic heterocycles. The Morgan fingerprint density at radius 2 is 1.79 bits per heavy atom. The van der Waals surface area contributed by atoms with Gasteiger partial charge in [0.15, 0.2) is 0 Å². The molecule has 0 spiro atoms. The minimum Gasteiger partial charge on any atom is -0.368 e. The molecule has 1 aromatic rings. The van der Waals surface area contributed by atoms with E-state index in [0.29, 0.717) is 17.4 Å². The third-order valence-corrected chi connectivity index (χ3v) is 7.47. The number of halogens is 1. The summed E-state index contributed by atoms with van der Waals surface area (Å²) in [6.07, 6.45) is 5.45. The lowest BCUT2D eigenvalue weighted by Gasteiger charge is -2.57. The molecule has 1 saturated heterocycles. The first-order valence-electron chi connectivity index (χ1n) is 13.0. The zero-order valence-corrected chi connectivity index (χ0v) is 22.4. The lowest BCUT2D eigenvalue weighted by Crippen LogP contribution is -2.62. The normalized spacial score (nSPS) is 20.0. The van der Waals surface area contributed by atoms with Gasteiger partial charge in [0, 0.05) is 55.8 Å². The Bertz CT molecular complexity index is 883. The van der Waals surface area contributed by atoms with E-state index in [4.69, 9.17) is 10.7 Å². The number of anilines is 1. The van der Waals surface area contributed by atoms with Crippen molar-refractivity contribution in [3.63, 3.8) is 0 Å². The van der Waals surface area contributed by atoms with Crippen molar-refractivity contribution in [2.45, 2.75) is 97.7 Å². The van der Waals surface area contributed by atoms with Crippen molar-refractivity contribution in [3.8, 4) is 0 Å². The van der Waals surface area contributed by atoms with Crippen LogP contribution in [0.2, 0.25) is 0 Å². The van der Waals surface area contributed by atoms with E-state index < -0.39 is 0 Å². The van der Waals surface area contributed by atoms with Gasteiger partial charge in [-0.15, -0.1) is 0 Å². The molecule has 0 radical (unpaired) electrons. The Hall–Kier alpha value is -2.15. The number of guanidine groups is 1. The highest BCUT2D eigenvalue weighted by Crippen LogP contribution is 2.44. The molecule has 34 heavy (non-hydrogen) atoms. The zero-order valence-electron chi connectivity index (χ0n) is 22.4. The summed E-state index contributed by atoms with van der Waals surface area (Å²) < 4.78 is 15.0. The van der Waals surface area contributed by atoms with E-state index in [9.17, 15) is 0 Å². The van der Waals surface area contributed by atoms with E-state index in [1.807, 2.05) is 12.1 Å². The van der Waals surface area contributed by atoms with E-state index in [-0.39, 0.29) is 22.9 Å². The maximum Gasteiger partial charge on any atom is 0.222 e. The fourth-order valence-corrected chi connectivity index (χ4v) is 5.57. The Labute approximate surface area is 206 Å². The first kappa shape index (κ1) is 26.5. The zero-order chi connectivity index (χ0) is 25.1. The van der Waals surface area contributed by atoms with Gasteiger partial charge in [-0.2, -0.15) is 0 Å². The molecular formula is C27H45FN6. The predicted molar refractivity (Wildman–Crippen MR) is 143 cm³/mol. The van der Waals surface area contributed by atoms with E-state index in [1.165, 1.54) is 25.3 Å². The number of hydrogen-bond donors (Lipinski definition) is 1. The van der Waals surface area contributed by atoms with Gasteiger partial charge in [-0.1, -0.05) is 13.8 Å². The van der Waals surface area contributed by atoms with E-state index in [0.717, 1.165) is 44.9 Å². The molecule has 6 nitrogen and oxygen atoms in total. The summed E-state index contributed by atoms with van der Waals surface area (Å²) in [5.74, 6) is 0.868. The van der Waals surface area contributed by atoms with Crippen LogP contribution in [0.5, 0.6) is 0 Å². The monoisotopic (exact) mass is 472 g/mol. The molecule has 7 heteroatoms. The van der Waals surface area contributed by atoms with Gasteiger partial charge in [-0.25, -0.2) is 14.4 Å². The second-order valence-corrected chi connectivity index (χ2v) is 11.0. The van der Waals surface area contributed by atoms with Gasteiger partial charge in [-0.3, -0.25) is 4.90 Å². The van der Waals surface area contributed by atoms with Crippen molar-refractivity contribution in [2.24, 2.45) is 15.7 Å². The summed E-state index contributed by atoms with van der Waals surface area (Å²) in [6.45, 7) is 19.0. The summed E-state index contributed by atoms with van der Waals surface area (Å²) in [7, 11) is 0. The SMILES string of the molecule is CCC(=NC(N)=Nc1ccc(N2CCN(C(C)C)CC2)c(F)c1)N(C(C)(C)C)C1(CC)CCC1. The number of hydrogen-bond acceptors (Lipinski definition) is 3. The standard InChI is InChI=1S/C27H45FN6/c1-8-24(34(26(5,6)7)27(9-2)13-10-14-27)31-25(29)30-21-11-12-23(22(28)19-21)33-17-15-32(16-18-33)20(3)4/h11-12,19-20H,8-10,13-18H2,1-7H3,(H2,29,30). The van der Waals surface area contributed by atoms with Crippen LogP contribution in [0.15, 0.2) is 28.2 Å². The van der Waals surface area contributed by atoms with Gasteiger partial charge in [0.1, 0.15) is 11.7 Å². The Morgan fingerprint density at radius 3 is 2.24 bits per heavy atom. The number of benzene rings is 1. The summed E-state index contributed by atoms with van der Waals surface area (Å²) >= 11 is 0. The molecule has 2 N–H and O–H groups in total. The van der Waals surface area contributed by atoms with Crippen LogP contribution in [-0.2, 0) is 0 Å². The smallest absolute Gasteiger partial charge is 0.222 e. The summed E-state index contributed by atoms with van der Waals surface area (Å²) in [5.41, 5.74) is 7.48. The highest BCUT2D eigenvalue weighted by molar-refractivity contribution is 5.96. The molecule has 2 fully saturated rings. The number of aliphatic imine (C=N–C) groups is 2. The largest absolute Gasteiger partial charge is 0.368 e. The van der Waals surface area contributed by atoms with Crippen LogP contribution < -0.4 is 10.6 Å². The van der Waals surface area contributed by atoms with Crippen molar-refractivity contribution < 1.29 is 4.39 Å². The molecule has 190 valence electrons. The third kappa shape index (κ3) is 5.73. The molecule has 1 aliphatic carbocycles. The van der Waals surface area contributed by atoms with Crippen molar-refractivity contribution in [2.75, 3.05) is 31.1 Å². The van der Waals surface area contributed by atoms with Gasteiger partial charge < -0.3 is 15.5 Å². The maximum atomic E-state index is 15.0. The molecule has 2 aliphatic rings. The van der Waals surface area contributed by atoms with Gasteiger partial charge in [0.2, 0.25) is 5.96 Å². The van der Waals surface area contributed by atoms with Crippen LogP contribution in [0.1, 0.15) is 80.6 Å². The molecule has 1 aromatic carbocycles. The highest BCUT2D eigenvalue weighted by atomic mass is 19.1. The van der Waals surface area contributed by atoms with Gasteiger partial charge in [0.05, 0.1) is 11.4 Å². The molecule has 1 saturated carbocycles. The van der Waals surface area contributed by atoms with Gasteiger partial charge >= 0.3 is 0 Å². The maximum absolute atomic E-state index is 15.0. The number of rotatable bonds is 6. The van der Waals surface area contributed by atoms with Crippen molar-refractivity contribution in [1.29, 1.82) is 0 Å². The van der Waals surface area contributed by atoms with Crippen LogP contribution >= 0.6 is 0 Å². The number of amidine groups is 1. The average molecular weight is 473 g/mol. The molecule has 1 aliphatic heterocycles. The number of nitrogens with two attached hydrogens (primary N) is 1. The molecule has 0 unspecified atom stereocenters. The number of piperazine rings is 1. The molecule has 3 rings (SSSR count). The second kappa shape index (κ2) is 10.6. The summed E-state index contributed by atoms with van der Waals surface area (Å²) in [6, 6.07) is 5.64. The van der Waals surface area contributed by atoms with E-state index >= 15 is 4.39 Å². The fourth-order valence-electron chi connectivity index (χ4n) is 5.57. The minimum atomic E-state index is -0.262. The fraction of sp³-hybridized carbons (Fsp3) is 0.704. The molecule has 0 atom stereocenters. The van der Waals surface area contributed by atoms with Crippen LogP contribution in [0.25, 0.3) is 0 Å². The molecule has 0 bridgehead atoms. The highest BCUT2D eigenvalue weighted by Gasteiger charge is 2.46. The lowest BCUT2D eigenvalue weighted by molar-refractivity contribution is 0.00999. The van der Waals surface area contributed by atoms with Gasteiger partial charge in [0.25, 0.3) is 0 Å². The first-order chi connectivity index (χ1) is 16.0. The Morgan fingerprint density at radius 1 is 1.15 bits per heavy atom. The van der Waals surface area contributed by atoms with Gasteiger partial charge in [-0.05, 0) is 72.4 Å². The third-order valence-electron chi connectivity index (χ3n) is 7.47.